The molecule has 1 aliphatic heterocycles. The Balaban J connectivity index is 1.99. The van der Waals surface area contributed by atoms with Crippen LogP contribution < -0.4 is 0 Å². The van der Waals surface area contributed by atoms with Crippen molar-refractivity contribution < 1.29 is 9.53 Å². The average molecular weight is 265 g/mol. The zero-order chi connectivity index (χ0) is 14.0. The number of aromatic nitrogens is 2. The van der Waals surface area contributed by atoms with Crippen LogP contribution in [-0.4, -0.2) is 39.9 Å². The van der Waals surface area contributed by atoms with Crippen LogP contribution in [-0.2, 0) is 4.74 Å². The highest BCUT2D eigenvalue weighted by molar-refractivity contribution is 5.68. The number of carbonyl (C=O) groups excluding carboxylic acids is 1. The van der Waals surface area contributed by atoms with Gasteiger partial charge in [0.05, 0.1) is 5.69 Å². The molecule has 1 amide bonds. The van der Waals surface area contributed by atoms with E-state index < -0.39 is 5.60 Å². The van der Waals surface area contributed by atoms with Gasteiger partial charge < -0.3 is 9.64 Å². The van der Waals surface area contributed by atoms with E-state index in [9.17, 15) is 4.79 Å². The van der Waals surface area contributed by atoms with Crippen LogP contribution in [0.4, 0.5) is 4.79 Å². The van der Waals surface area contributed by atoms with Crippen LogP contribution in [0, 0.1) is 6.92 Å². The van der Waals surface area contributed by atoms with E-state index >= 15 is 0 Å². The zero-order valence-electron chi connectivity index (χ0n) is 12.2. The lowest BCUT2D eigenvalue weighted by Gasteiger charge is -2.33. The number of piperidine rings is 1. The first-order valence-corrected chi connectivity index (χ1v) is 6.85. The summed E-state index contributed by atoms with van der Waals surface area (Å²) in [4.78, 5) is 13.9. The van der Waals surface area contributed by atoms with Gasteiger partial charge in [-0.05, 0) is 46.6 Å². The molecule has 1 aromatic rings. The maximum Gasteiger partial charge on any atom is 0.410 e. The van der Waals surface area contributed by atoms with Crippen LogP contribution >= 0.6 is 0 Å². The van der Waals surface area contributed by atoms with Gasteiger partial charge in [0.2, 0.25) is 0 Å². The van der Waals surface area contributed by atoms with Crippen molar-refractivity contribution in [1.29, 1.82) is 0 Å². The summed E-state index contributed by atoms with van der Waals surface area (Å²) < 4.78 is 5.43. The third kappa shape index (κ3) is 3.72. The summed E-state index contributed by atoms with van der Waals surface area (Å²) >= 11 is 0. The number of rotatable bonds is 1. The minimum Gasteiger partial charge on any atom is -0.444 e. The van der Waals surface area contributed by atoms with E-state index in [4.69, 9.17) is 4.74 Å². The van der Waals surface area contributed by atoms with E-state index in [1.165, 1.54) is 0 Å². The number of carbonyl (C=O) groups is 1. The Hall–Kier alpha value is -1.52. The quantitative estimate of drug-likeness (QED) is 0.849. The number of likely N-dealkylation sites (tertiary alicyclic amines) is 1. The van der Waals surface area contributed by atoms with Gasteiger partial charge in [0.25, 0.3) is 0 Å². The fourth-order valence-corrected chi connectivity index (χ4v) is 2.36. The molecule has 0 saturated carbocycles. The van der Waals surface area contributed by atoms with Gasteiger partial charge in [0.1, 0.15) is 5.60 Å². The normalized spacial score (nSPS) is 20.4. The lowest BCUT2D eigenvalue weighted by molar-refractivity contribution is 0.0197. The predicted molar refractivity (Wildman–Crippen MR) is 73.1 cm³/mol. The molecule has 19 heavy (non-hydrogen) atoms. The second-order valence-electron chi connectivity index (χ2n) is 6.24. The van der Waals surface area contributed by atoms with Crippen molar-refractivity contribution in [2.45, 2.75) is 52.1 Å². The predicted octanol–water partition coefficient (Wildman–Crippen LogP) is 2.83. The van der Waals surface area contributed by atoms with Gasteiger partial charge in [-0.1, -0.05) is 0 Å². The maximum atomic E-state index is 12.1. The van der Waals surface area contributed by atoms with Crippen LogP contribution in [0.3, 0.4) is 0 Å². The van der Waals surface area contributed by atoms with E-state index in [1.807, 2.05) is 27.7 Å². The minimum atomic E-state index is -0.438. The summed E-state index contributed by atoms with van der Waals surface area (Å²) in [5.41, 5.74) is 1.67. The van der Waals surface area contributed by atoms with Crippen molar-refractivity contribution in [3.63, 3.8) is 0 Å². The standard InChI is InChI=1S/C14H23N3O2/c1-10-8-12(16-15-10)11-6-5-7-17(9-11)13(18)19-14(2,3)4/h8,11H,5-7,9H2,1-4H3,(H,15,16). The number of nitrogens with zero attached hydrogens (tertiary/aromatic N) is 2. The minimum absolute atomic E-state index is 0.218. The van der Waals surface area contributed by atoms with E-state index in [0.29, 0.717) is 12.5 Å². The summed E-state index contributed by atoms with van der Waals surface area (Å²) in [5.74, 6) is 0.311. The number of nitrogens with one attached hydrogen (secondary N) is 1. The van der Waals surface area contributed by atoms with Gasteiger partial charge in [0, 0.05) is 24.7 Å². The van der Waals surface area contributed by atoms with Crippen LogP contribution in [0.2, 0.25) is 0 Å². The Bertz CT molecular complexity index is 448. The number of hydrogen-bond acceptors (Lipinski definition) is 3. The highest BCUT2D eigenvalue weighted by Crippen LogP contribution is 2.26. The molecule has 1 unspecified atom stereocenters. The molecule has 1 atom stereocenters. The van der Waals surface area contributed by atoms with Gasteiger partial charge >= 0.3 is 6.09 Å². The molecule has 0 aromatic carbocycles. The van der Waals surface area contributed by atoms with Gasteiger partial charge in [-0.25, -0.2) is 4.79 Å². The van der Waals surface area contributed by atoms with Gasteiger partial charge in [-0.2, -0.15) is 5.10 Å². The fraction of sp³-hybridized carbons (Fsp3) is 0.714. The first kappa shape index (κ1) is 13.9. The van der Waals surface area contributed by atoms with Crippen molar-refractivity contribution in [2.24, 2.45) is 0 Å². The van der Waals surface area contributed by atoms with Crippen LogP contribution in [0.25, 0.3) is 0 Å². The molecular formula is C14H23N3O2. The van der Waals surface area contributed by atoms with E-state index in [2.05, 4.69) is 16.3 Å². The molecular weight excluding hydrogens is 242 g/mol. The van der Waals surface area contributed by atoms with Crippen LogP contribution in [0.15, 0.2) is 6.07 Å². The van der Waals surface area contributed by atoms with Crippen molar-refractivity contribution >= 4 is 6.09 Å². The SMILES string of the molecule is Cc1cc(C2CCCN(C(=O)OC(C)(C)C)C2)n[nH]1. The Morgan fingerprint density at radius 2 is 2.26 bits per heavy atom. The summed E-state index contributed by atoms with van der Waals surface area (Å²) in [6, 6.07) is 2.06. The topological polar surface area (TPSA) is 58.2 Å². The molecule has 1 fully saturated rings. The molecule has 1 aliphatic rings. The smallest absolute Gasteiger partial charge is 0.410 e. The highest BCUT2D eigenvalue weighted by Gasteiger charge is 2.29. The molecule has 2 rings (SSSR count). The van der Waals surface area contributed by atoms with Crippen LogP contribution in [0.5, 0.6) is 0 Å². The van der Waals surface area contributed by atoms with Crippen molar-refractivity contribution in [2.75, 3.05) is 13.1 Å². The Labute approximate surface area is 114 Å². The molecule has 1 saturated heterocycles. The molecule has 0 spiro atoms. The van der Waals surface area contributed by atoms with Gasteiger partial charge in [0.15, 0.2) is 0 Å². The number of ether oxygens (including phenoxy) is 1. The number of aromatic amines is 1. The van der Waals surface area contributed by atoms with Gasteiger partial charge in [-0.3, -0.25) is 5.10 Å². The average Bonchev–Trinajstić information content (AvgIpc) is 2.74. The Kier molecular flexibility index (Phi) is 3.83. The molecule has 5 nitrogen and oxygen atoms in total. The van der Waals surface area contributed by atoms with Crippen molar-refractivity contribution in [1.82, 2.24) is 15.1 Å². The van der Waals surface area contributed by atoms with E-state index in [-0.39, 0.29) is 6.09 Å². The summed E-state index contributed by atoms with van der Waals surface area (Å²) in [6.45, 7) is 9.13. The zero-order valence-corrected chi connectivity index (χ0v) is 12.2. The lowest BCUT2D eigenvalue weighted by Crippen LogP contribution is -2.42. The molecule has 0 bridgehead atoms. The first-order valence-electron chi connectivity index (χ1n) is 6.85. The number of amides is 1. The second kappa shape index (κ2) is 5.23. The third-order valence-corrected chi connectivity index (χ3v) is 3.22. The number of aryl methyl sites for hydroxylation is 1. The molecule has 2 heterocycles. The Morgan fingerprint density at radius 3 is 2.84 bits per heavy atom. The number of hydrogen-bond donors (Lipinski definition) is 1. The lowest BCUT2D eigenvalue weighted by atomic mass is 9.95. The summed E-state index contributed by atoms with van der Waals surface area (Å²) in [6.07, 6.45) is 1.85. The molecule has 106 valence electrons. The number of H-pyrrole nitrogens is 1. The van der Waals surface area contributed by atoms with Crippen molar-refractivity contribution in [3.8, 4) is 0 Å². The van der Waals surface area contributed by atoms with Crippen molar-refractivity contribution in [3.05, 3.63) is 17.5 Å². The molecule has 0 aliphatic carbocycles. The fourth-order valence-electron chi connectivity index (χ4n) is 2.36. The third-order valence-electron chi connectivity index (χ3n) is 3.22. The highest BCUT2D eigenvalue weighted by atomic mass is 16.6. The first-order chi connectivity index (χ1) is 8.85. The molecule has 5 heteroatoms. The molecule has 1 N–H and O–H groups in total. The van der Waals surface area contributed by atoms with Crippen LogP contribution in [0.1, 0.15) is 50.9 Å². The maximum absolute atomic E-state index is 12.1. The Morgan fingerprint density at radius 1 is 1.53 bits per heavy atom. The van der Waals surface area contributed by atoms with Gasteiger partial charge in [-0.15, -0.1) is 0 Å². The molecule has 0 radical (unpaired) electrons. The largest absolute Gasteiger partial charge is 0.444 e. The second-order valence-corrected chi connectivity index (χ2v) is 6.24. The van der Waals surface area contributed by atoms with E-state index in [1.54, 1.807) is 4.90 Å². The monoisotopic (exact) mass is 265 g/mol. The summed E-state index contributed by atoms with van der Waals surface area (Å²) in [7, 11) is 0. The summed E-state index contributed by atoms with van der Waals surface area (Å²) in [5, 5.41) is 7.27. The van der Waals surface area contributed by atoms with E-state index in [0.717, 1.165) is 30.8 Å². The molecule has 1 aromatic heterocycles.